The Morgan fingerprint density at radius 2 is 0.242 bits per heavy atom. The van der Waals surface area contributed by atoms with E-state index < -0.39 is 0 Å². The molecule has 0 amide bonds. The quantitative estimate of drug-likeness (QED) is 0.0422. The second-order valence-electron chi connectivity index (χ2n) is 22.1. The molecule has 2 heteroatoms. The van der Waals surface area contributed by atoms with Crippen LogP contribution in [0.2, 0.25) is 0 Å². The number of hydrogen-bond donors (Lipinski definition) is 0. The van der Waals surface area contributed by atoms with Crippen LogP contribution in [0.3, 0.4) is 0 Å². The zero-order valence-corrected chi connectivity index (χ0v) is 45.1. The van der Waals surface area contributed by atoms with E-state index in [2.05, 4.69) is 41.8 Å². The lowest BCUT2D eigenvalue weighted by Gasteiger charge is -2.35. The van der Waals surface area contributed by atoms with Crippen molar-refractivity contribution in [1.29, 1.82) is 0 Å². The van der Waals surface area contributed by atoms with Gasteiger partial charge in [-0.25, -0.2) is 0 Å². The highest BCUT2D eigenvalue weighted by Gasteiger charge is 2.21. The fourth-order valence-corrected chi connectivity index (χ4v) is 10.6. The van der Waals surface area contributed by atoms with Gasteiger partial charge in [0.25, 0.3) is 0 Å². The van der Waals surface area contributed by atoms with E-state index >= 15 is 0 Å². The van der Waals surface area contributed by atoms with E-state index in [4.69, 9.17) is 0 Å². The first-order valence-electron chi connectivity index (χ1n) is 30.1. The van der Waals surface area contributed by atoms with E-state index in [1.807, 2.05) is 0 Å². The Kier molecular flexibility index (Phi) is 50.3. The molecule has 0 aromatic heterocycles. The Morgan fingerprint density at radius 3 is 0.355 bits per heavy atom. The minimum atomic E-state index is 1.36. The molecule has 0 N–H and O–H groups in total. The molecular weight excluding hydrogens is 749 g/mol. The van der Waals surface area contributed by atoms with Crippen LogP contribution in [0.1, 0.15) is 336 Å². The van der Waals surface area contributed by atoms with Crippen LogP contribution >= 0.6 is 0 Å². The van der Waals surface area contributed by atoms with E-state index in [1.54, 1.807) is 0 Å². The Morgan fingerprint density at radius 1 is 0.145 bits per heavy atom. The molecule has 0 aliphatic rings. The first kappa shape index (κ1) is 61.9. The molecule has 0 unspecified atom stereocenters. The van der Waals surface area contributed by atoms with Crippen LogP contribution in [0.15, 0.2) is 0 Å². The summed E-state index contributed by atoms with van der Waals surface area (Å²) in [5.74, 6) is 0. The van der Waals surface area contributed by atoms with Gasteiger partial charge in [0, 0.05) is 0 Å². The molecule has 0 aliphatic heterocycles. The number of rotatable bonds is 55. The van der Waals surface area contributed by atoms with Crippen molar-refractivity contribution in [2.45, 2.75) is 336 Å². The summed E-state index contributed by atoms with van der Waals surface area (Å²) in [6, 6.07) is 0. The van der Waals surface area contributed by atoms with Gasteiger partial charge in [-0.05, 0) is 77.0 Å². The van der Waals surface area contributed by atoms with Crippen molar-refractivity contribution in [3.8, 4) is 0 Å². The Labute approximate surface area is 396 Å². The summed E-state index contributed by atoms with van der Waals surface area (Å²) < 4.78 is 2.73. The van der Waals surface area contributed by atoms with E-state index in [1.165, 1.54) is 356 Å². The molecule has 374 valence electrons. The van der Waals surface area contributed by atoms with Gasteiger partial charge < -0.3 is 8.97 Å². The highest BCUT2D eigenvalue weighted by Crippen LogP contribution is 2.20. The highest BCUT2D eigenvalue weighted by atomic mass is 15.3. The fourth-order valence-electron chi connectivity index (χ4n) is 10.6. The largest absolute Gasteiger partial charge is 0.326 e. The number of quaternary nitrogens is 2. The Bertz CT molecular complexity index is 693. The van der Waals surface area contributed by atoms with Gasteiger partial charge in [-0.2, -0.15) is 0 Å². The van der Waals surface area contributed by atoms with Crippen LogP contribution in [-0.4, -0.2) is 62.3 Å². The topological polar surface area (TPSA) is 0 Å². The summed E-state index contributed by atoms with van der Waals surface area (Å²) in [5, 5.41) is 0. The molecule has 0 spiro atoms. The molecule has 0 aromatic rings. The summed E-state index contributed by atoms with van der Waals surface area (Å²) in [5.41, 5.74) is 0. The van der Waals surface area contributed by atoms with E-state index in [9.17, 15) is 0 Å². The van der Waals surface area contributed by atoms with Gasteiger partial charge in [0.1, 0.15) is 0 Å². The molecule has 2 nitrogen and oxygen atoms in total. The first-order valence-corrected chi connectivity index (χ1v) is 30.1. The normalized spacial score (nSPS) is 12.3. The van der Waals surface area contributed by atoms with Crippen molar-refractivity contribution in [3.63, 3.8) is 0 Å². The number of hydrogen-bond acceptors (Lipinski definition) is 0. The molecule has 0 rings (SSSR count). The SMILES string of the molecule is CCCCCCCCCCCC[N+](C)(CCCCCCCCCCCC)CCCCCCCCCC[N+](C)(CCCCCCCCCCCC)CCCCCCCCCCCC. The van der Waals surface area contributed by atoms with Gasteiger partial charge in [0.05, 0.1) is 53.4 Å². The van der Waals surface area contributed by atoms with Crippen molar-refractivity contribution in [1.82, 2.24) is 0 Å². The lowest BCUT2D eigenvalue weighted by molar-refractivity contribution is -0.910. The maximum atomic E-state index is 2.64. The third-order valence-corrected chi connectivity index (χ3v) is 15.4. The molecule has 0 heterocycles. The Balaban J connectivity index is 4.51. The molecule has 0 atom stereocenters. The monoisotopic (exact) mass is 875 g/mol. The molecule has 0 saturated carbocycles. The average molecular weight is 876 g/mol. The van der Waals surface area contributed by atoms with E-state index in [-0.39, 0.29) is 0 Å². The summed E-state index contributed by atoms with van der Waals surface area (Å²) >= 11 is 0. The third-order valence-electron chi connectivity index (χ3n) is 15.4. The standard InChI is InChI=1S/C60H126N2/c1-7-11-15-19-23-27-31-37-43-49-55-61(5,56-50-44-38-32-28-24-20-16-12-8-2)59-53-47-41-35-36-42-48-54-60-62(6,57-51-45-39-33-29-25-21-17-13-9-3)58-52-46-40-34-30-26-22-18-14-10-4/h7-60H2,1-6H3/q+2. The van der Waals surface area contributed by atoms with Gasteiger partial charge >= 0.3 is 0 Å². The minimum absolute atomic E-state index is 1.36. The molecule has 0 fully saturated rings. The van der Waals surface area contributed by atoms with Crippen molar-refractivity contribution in [2.75, 3.05) is 53.4 Å². The maximum absolute atomic E-state index is 2.64. The van der Waals surface area contributed by atoms with Crippen molar-refractivity contribution in [3.05, 3.63) is 0 Å². The lowest BCUT2D eigenvalue weighted by atomic mass is 10.0. The van der Waals surface area contributed by atoms with Crippen LogP contribution in [0.25, 0.3) is 0 Å². The summed E-state index contributed by atoms with van der Waals surface area (Å²) in [4.78, 5) is 0. The van der Waals surface area contributed by atoms with Gasteiger partial charge in [-0.3, -0.25) is 0 Å². The van der Waals surface area contributed by atoms with Crippen molar-refractivity contribution in [2.24, 2.45) is 0 Å². The van der Waals surface area contributed by atoms with Gasteiger partial charge in [0.15, 0.2) is 0 Å². The smallest absolute Gasteiger partial charge is 0.0784 e. The zero-order chi connectivity index (χ0) is 45.2. The molecular formula is C60H126N2+2. The summed E-state index contributed by atoms with van der Waals surface area (Å²) in [6.07, 6.45) is 70.1. The molecule has 0 saturated heterocycles. The van der Waals surface area contributed by atoms with E-state index in [0.29, 0.717) is 0 Å². The van der Waals surface area contributed by atoms with Crippen molar-refractivity contribution < 1.29 is 8.97 Å². The predicted molar refractivity (Wildman–Crippen MR) is 286 cm³/mol. The lowest BCUT2D eigenvalue weighted by Crippen LogP contribution is -2.46. The fraction of sp³-hybridized carbons (Fsp3) is 1.00. The Hall–Kier alpha value is -0.0800. The third kappa shape index (κ3) is 46.4. The molecule has 0 aliphatic carbocycles. The molecule has 0 aromatic carbocycles. The number of unbranched alkanes of at least 4 members (excludes halogenated alkanes) is 43. The second kappa shape index (κ2) is 50.3. The number of nitrogens with zero attached hydrogens (tertiary/aromatic N) is 2. The molecule has 0 bridgehead atoms. The van der Waals surface area contributed by atoms with Gasteiger partial charge in [-0.15, -0.1) is 0 Å². The second-order valence-corrected chi connectivity index (χ2v) is 22.1. The summed E-state index contributed by atoms with van der Waals surface area (Å²) in [7, 11) is 5.28. The van der Waals surface area contributed by atoms with Crippen LogP contribution in [0, 0.1) is 0 Å². The first-order chi connectivity index (χ1) is 30.4. The van der Waals surface area contributed by atoms with Crippen molar-refractivity contribution >= 4 is 0 Å². The summed E-state index contributed by atoms with van der Waals surface area (Å²) in [6.45, 7) is 17.9. The minimum Gasteiger partial charge on any atom is -0.326 e. The molecule has 0 radical (unpaired) electrons. The highest BCUT2D eigenvalue weighted by molar-refractivity contribution is 4.56. The van der Waals surface area contributed by atoms with Gasteiger partial charge in [0.2, 0.25) is 0 Å². The van der Waals surface area contributed by atoms with Crippen LogP contribution in [0.4, 0.5) is 0 Å². The van der Waals surface area contributed by atoms with E-state index in [0.717, 1.165) is 0 Å². The van der Waals surface area contributed by atoms with Crippen LogP contribution in [0.5, 0.6) is 0 Å². The average Bonchev–Trinajstić information content (AvgIpc) is 3.27. The maximum Gasteiger partial charge on any atom is 0.0784 e. The molecule has 62 heavy (non-hydrogen) atoms. The van der Waals surface area contributed by atoms with Crippen LogP contribution < -0.4 is 0 Å². The van der Waals surface area contributed by atoms with Crippen LogP contribution in [-0.2, 0) is 0 Å². The zero-order valence-electron chi connectivity index (χ0n) is 45.1. The predicted octanol–water partition coefficient (Wildman–Crippen LogP) is 20.7. The van der Waals surface area contributed by atoms with Gasteiger partial charge in [-0.1, -0.05) is 259 Å².